The summed E-state index contributed by atoms with van der Waals surface area (Å²) in [6, 6.07) is 0. The number of nitrogens with zero attached hydrogens (tertiary/aromatic N) is 1. The summed E-state index contributed by atoms with van der Waals surface area (Å²) in [7, 11) is 4.47. The minimum absolute atomic E-state index is 0.382. The van der Waals surface area contributed by atoms with E-state index in [4.69, 9.17) is 0 Å². The van der Waals surface area contributed by atoms with Gasteiger partial charge in [-0.3, -0.25) is 0 Å². The van der Waals surface area contributed by atoms with Gasteiger partial charge in [0, 0.05) is 18.6 Å². The van der Waals surface area contributed by atoms with Crippen molar-refractivity contribution in [1.82, 2.24) is 10.2 Å². The number of hydrogen-bond donors (Lipinski definition) is 1. The number of rotatable bonds is 5. The van der Waals surface area contributed by atoms with E-state index in [0.29, 0.717) is 5.54 Å². The van der Waals surface area contributed by atoms with Crippen molar-refractivity contribution in [3.8, 4) is 0 Å². The van der Waals surface area contributed by atoms with Crippen LogP contribution in [0.4, 0.5) is 0 Å². The molecule has 0 amide bonds. The van der Waals surface area contributed by atoms with E-state index in [0.717, 1.165) is 19.0 Å². The highest BCUT2D eigenvalue weighted by Gasteiger charge is 2.36. The van der Waals surface area contributed by atoms with Gasteiger partial charge in [0.2, 0.25) is 0 Å². The van der Waals surface area contributed by atoms with E-state index >= 15 is 0 Å². The summed E-state index contributed by atoms with van der Waals surface area (Å²) in [5.74, 6) is 0.872. The zero-order chi connectivity index (χ0) is 12.9. The van der Waals surface area contributed by atoms with Crippen LogP contribution in [0, 0.1) is 5.92 Å². The molecule has 2 atom stereocenters. The van der Waals surface area contributed by atoms with Crippen LogP contribution in [0.3, 0.4) is 0 Å². The van der Waals surface area contributed by atoms with Gasteiger partial charge in [0.15, 0.2) is 0 Å². The normalized spacial score (nSPS) is 29.4. The van der Waals surface area contributed by atoms with Gasteiger partial charge in [-0.05, 0) is 46.7 Å². The van der Waals surface area contributed by atoms with E-state index < -0.39 is 0 Å². The van der Waals surface area contributed by atoms with Crippen molar-refractivity contribution in [2.45, 2.75) is 52.0 Å². The van der Waals surface area contributed by atoms with Crippen molar-refractivity contribution in [1.29, 1.82) is 0 Å². The van der Waals surface area contributed by atoms with Gasteiger partial charge in [-0.15, -0.1) is 0 Å². The van der Waals surface area contributed by atoms with Crippen molar-refractivity contribution in [2.75, 3.05) is 27.2 Å². The summed E-state index contributed by atoms with van der Waals surface area (Å²) in [6.45, 7) is 8.84. The molecule has 1 N–H and O–H groups in total. The fourth-order valence-corrected chi connectivity index (χ4v) is 2.94. The van der Waals surface area contributed by atoms with Gasteiger partial charge in [-0.1, -0.05) is 31.4 Å². The van der Waals surface area contributed by atoms with Crippen LogP contribution in [0.1, 0.15) is 46.5 Å². The van der Waals surface area contributed by atoms with Gasteiger partial charge in [0.05, 0.1) is 0 Å². The van der Waals surface area contributed by atoms with E-state index in [1.165, 1.54) is 31.3 Å². The molecular weight excluding hydrogens is 208 g/mol. The molecule has 0 heterocycles. The van der Waals surface area contributed by atoms with E-state index in [1.54, 1.807) is 0 Å². The van der Waals surface area contributed by atoms with Crippen LogP contribution in [-0.2, 0) is 0 Å². The summed E-state index contributed by atoms with van der Waals surface area (Å²) in [5, 5.41) is 3.61. The maximum Gasteiger partial charge on any atom is 0.0330 e. The highest BCUT2D eigenvalue weighted by Crippen LogP contribution is 2.35. The smallest absolute Gasteiger partial charge is 0.0330 e. The molecule has 2 unspecified atom stereocenters. The average Bonchev–Trinajstić information content (AvgIpc) is 2.24. The minimum atomic E-state index is 0.382. The minimum Gasteiger partial charge on any atom is -0.311 e. The molecule has 2 heteroatoms. The second-order valence-corrected chi connectivity index (χ2v) is 6.23. The number of likely N-dealkylation sites (N-methyl/N-ethyl adjacent to an activating group) is 1. The fourth-order valence-electron chi connectivity index (χ4n) is 2.94. The van der Waals surface area contributed by atoms with Crippen LogP contribution in [0.5, 0.6) is 0 Å². The fraction of sp³-hybridized carbons (Fsp3) is 0.867. The molecule has 100 valence electrons. The van der Waals surface area contributed by atoms with Crippen molar-refractivity contribution < 1.29 is 0 Å². The predicted octanol–water partition coefficient (Wildman–Crippen LogP) is 3.05. The Morgan fingerprint density at radius 1 is 1.41 bits per heavy atom. The van der Waals surface area contributed by atoms with E-state index in [1.807, 2.05) is 0 Å². The lowest BCUT2D eigenvalue weighted by atomic mass is 9.75. The molecule has 1 saturated carbocycles. The monoisotopic (exact) mass is 238 g/mol. The molecule has 0 aromatic carbocycles. The second kappa shape index (κ2) is 6.55. The molecular formula is C15H30N2. The Hall–Kier alpha value is -0.340. The second-order valence-electron chi connectivity index (χ2n) is 6.23. The highest BCUT2D eigenvalue weighted by atomic mass is 15.2. The van der Waals surface area contributed by atoms with Crippen LogP contribution in [0.15, 0.2) is 11.6 Å². The third-order valence-corrected chi connectivity index (χ3v) is 4.12. The zero-order valence-corrected chi connectivity index (χ0v) is 12.3. The topological polar surface area (TPSA) is 15.3 Å². The maximum atomic E-state index is 3.61. The quantitative estimate of drug-likeness (QED) is 0.585. The molecule has 0 bridgehead atoms. The Morgan fingerprint density at radius 3 is 2.65 bits per heavy atom. The van der Waals surface area contributed by atoms with E-state index in [9.17, 15) is 0 Å². The molecule has 2 nitrogen and oxygen atoms in total. The molecule has 0 aromatic rings. The van der Waals surface area contributed by atoms with Gasteiger partial charge in [-0.2, -0.15) is 0 Å². The lowest BCUT2D eigenvalue weighted by Crippen LogP contribution is -2.54. The van der Waals surface area contributed by atoms with Gasteiger partial charge < -0.3 is 10.2 Å². The van der Waals surface area contributed by atoms with E-state index in [-0.39, 0.29) is 0 Å². The van der Waals surface area contributed by atoms with Gasteiger partial charge in [-0.25, -0.2) is 0 Å². The first-order chi connectivity index (χ1) is 7.96. The van der Waals surface area contributed by atoms with Crippen molar-refractivity contribution >= 4 is 0 Å². The predicted molar refractivity (Wildman–Crippen MR) is 76.4 cm³/mol. The number of nitrogens with one attached hydrogen (secondary N) is 1. The third-order valence-electron chi connectivity index (χ3n) is 4.12. The van der Waals surface area contributed by atoms with Crippen LogP contribution >= 0.6 is 0 Å². The first-order valence-corrected chi connectivity index (χ1v) is 6.98. The van der Waals surface area contributed by atoms with Crippen LogP contribution in [0.2, 0.25) is 0 Å². The zero-order valence-electron chi connectivity index (χ0n) is 12.3. The molecule has 0 radical (unpaired) electrons. The summed E-state index contributed by atoms with van der Waals surface area (Å²) in [4.78, 5) is 2.44. The third kappa shape index (κ3) is 4.44. The molecule has 1 aliphatic rings. The van der Waals surface area contributed by atoms with Crippen molar-refractivity contribution in [2.24, 2.45) is 5.92 Å². The first-order valence-electron chi connectivity index (χ1n) is 6.98. The van der Waals surface area contributed by atoms with Crippen LogP contribution in [0.25, 0.3) is 0 Å². The largest absolute Gasteiger partial charge is 0.311 e. The number of allylic oxidation sites excluding steroid dienone is 1. The molecule has 1 aliphatic carbocycles. The summed E-state index contributed by atoms with van der Waals surface area (Å²) >= 11 is 0. The molecule has 0 aromatic heterocycles. The molecule has 17 heavy (non-hydrogen) atoms. The van der Waals surface area contributed by atoms with Gasteiger partial charge in [0.25, 0.3) is 0 Å². The molecule has 0 spiro atoms. The lowest BCUT2D eigenvalue weighted by molar-refractivity contribution is 0.0762. The summed E-state index contributed by atoms with van der Waals surface area (Å²) < 4.78 is 0. The Morgan fingerprint density at radius 2 is 2.12 bits per heavy atom. The Bertz CT molecular complexity index is 254. The maximum absolute atomic E-state index is 3.61. The van der Waals surface area contributed by atoms with E-state index in [2.05, 4.69) is 51.2 Å². The molecule has 1 rings (SSSR count). The lowest BCUT2D eigenvalue weighted by Gasteiger charge is -2.45. The first kappa shape index (κ1) is 14.7. The SMILES string of the molecule is CC(C)=CCNCC1(N(C)C)CCCC(C)C1. The number of hydrogen-bond acceptors (Lipinski definition) is 2. The Kier molecular flexibility index (Phi) is 5.68. The molecule has 0 aliphatic heterocycles. The van der Waals surface area contributed by atoms with Gasteiger partial charge in [0.1, 0.15) is 0 Å². The molecule has 0 saturated heterocycles. The van der Waals surface area contributed by atoms with Crippen LogP contribution in [-0.4, -0.2) is 37.6 Å². The summed E-state index contributed by atoms with van der Waals surface area (Å²) in [6.07, 6.45) is 7.73. The Labute approximate surface area is 107 Å². The highest BCUT2D eigenvalue weighted by molar-refractivity contribution is 4.98. The average molecular weight is 238 g/mol. The Balaban J connectivity index is 2.50. The van der Waals surface area contributed by atoms with Crippen molar-refractivity contribution in [3.05, 3.63) is 11.6 Å². The van der Waals surface area contributed by atoms with Crippen LogP contribution < -0.4 is 5.32 Å². The molecule has 1 fully saturated rings. The van der Waals surface area contributed by atoms with Crippen molar-refractivity contribution in [3.63, 3.8) is 0 Å². The summed E-state index contributed by atoms with van der Waals surface area (Å²) in [5.41, 5.74) is 1.78. The van der Waals surface area contributed by atoms with Gasteiger partial charge >= 0.3 is 0 Å². The standard InChI is InChI=1S/C15H30N2/c1-13(2)8-10-16-12-15(17(4)5)9-6-7-14(3)11-15/h8,14,16H,6-7,9-12H2,1-5H3.